The van der Waals surface area contributed by atoms with Gasteiger partial charge in [-0.2, -0.15) is 0 Å². The molecule has 0 atom stereocenters. The molecule has 0 radical (unpaired) electrons. The summed E-state index contributed by atoms with van der Waals surface area (Å²) in [5.74, 6) is -0.306. The summed E-state index contributed by atoms with van der Waals surface area (Å²) in [6.45, 7) is 3.91. The number of rotatable bonds is 6. The molecule has 0 aliphatic rings. The number of hydrogen-bond donors (Lipinski definition) is 1. The summed E-state index contributed by atoms with van der Waals surface area (Å²) in [5.41, 5.74) is 1.29. The van der Waals surface area contributed by atoms with Crippen molar-refractivity contribution in [2.45, 2.75) is 13.5 Å². The monoisotopic (exact) mass is 299 g/mol. The highest BCUT2D eigenvalue weighted by Gasteiger charge is 2.07. The van der Waals surface area contributed by atoms with Crippen LogP contribution in [0, 0.1) is 12.7 Å². The molecule has 0 aliphatic carbocycles. The fraction of sp³-hybridized carbons (Fsp3) is 0.286. The van der Waals surface area contributed by atoms with E-state index in [1.807, 2.05) is 0 Å². The number of thiophene rings is 1. The van der Waals surface area contributed by atoms with Crippen LogP contribution in [0.4, 0.5) is 4.39 Å². The van der Waals surface area contributed by atoms with Gasteiger partial charge in [0.05, 0.1) is 5.02 Å². The van der Waals surface area contributed by atoms with Crippen LogP contribution < -0.4 is 10.1 Å². The highest BCUT2D eigenvalue weighted by atomic mass is 35.5. The van der Waals surface area contributed by atoms with Crippen LogP contribution in [0.15, 0.2) is 29.6 Å². The number of aryl methyl sites for hydroxylation is 1. The Bertz CT molecular complexity index is 524. The van der Waals surface area contributed by atoms with Crippen molar-refractivity contribution in [3.63, 3.8) is 0 Å². The molecule has 19 heavy (non-hydrogen) atoms. The summed E-state index contributed by atoms with van der Waals surface area (Å²) in [6.07, 6.45) is 0. The number of ether oxygens (including phenoxy) is 1. The third kappa shape index (κ3) is 3.93. The van der Waals surface area contributed by atoms with Crippen molar-refractivity contribution >= 4 is 22.9 Å². The van der Waals surface area contributed by atoms with Crippen LogP contribution in [-0.2, 0) is 6.54 Å². The third-order valence-corrected chi connectivity index (χ3v) is 4.02. The van der Waals surface area contributed by atoms with Crippen LogP contribution in [0.2, 0.25) is 5.02 Å². The summed E-state index contributed by atoms with van der Waals surface area (Å²) < 4.78 is 18.8. The van der Waals surface area contributed by atoms with Crippen LogP contribution in [0.1, 0.15) is 10.4 Å². The van der Waals surface area contributed by atoms with Crippen molar-refractivity contribution < 1.29 is 9.13 Å². The van der Waals surface area contributed by atoms with Crippen molar-refractivity contribution in [2.75, 3.05) is 13.2 Å². The number of para-hydroxylation sites is 1. The first kappa shape index (κ1) is 14.3. The van der Waals surface area contributed by atoms with Gasteiger partial charge in [0.25, 0.3) is 0 Å². The molecule has 1 aromatic carbocycles. The third-order valence-electron chi connectivity index (χ3n) is 2.70. The van der Waals surface area contributed by atoms with Gasteiger partial charge in [-0.1, -0.05) is 17.7 Å². The fourth-order valence-corrected chi connectivity index (χ4v) is 2.73. The van der Waals surface area contributed by atoms with Gasteiger partial charge in [-0.05, 0) is 36.1 Å². The van der Waals surface area contributed by atoms with Gasteiger partial charge in [0, 0.05) is 18.0 Å². The van der Waals surface area contributed by atoms with Gasteiger partial charge < -0.3 is 10.1 Å². The first-order chi connectivity index (χ1) is 9.18. The lowest BCUT2D eigenvalue weighted by molar-refractivity contribution is 0.299. The topological polar surface area (TPSA) is 21.3 Å². The molecule has 102 valence electrons. The summed E-state index contributed by atoms with van der Waals surface area (Å²) in [5, 5.41) is 5.63. The van der Waals surface area contributed by atoms with E-state index in [1.165, 1.54) is 16.5 Å². The quantitative estimate of drug-likeness (QED) is 0.814. The van der Waals surface area contributed by atoms with E-state index < -0.39 is 5.82 Å². The SMILES string of the molecule is Cc1ccsc1CNCCOc1c(F)cccc1Cl. The molecule has 0 unspecified atom stereocenters. The second kappa shape index (κ2) is 6.89. The normalized spacial score (nSPS) is 10.7. The van der Waals surface area contributed by atoms with Crippen molar-refractivity contribution in [1.82, 2.24) is 5.32 Å². The minimum absolute atomic E-state index is 0.123. The van der Waals surface area contributed by atoms with Crippen LogP contribution in [0.5, 0.6) is 5.75 Å². The average molecular weight is 300 g/mol. The lowest BCUT2D eigenvalue weighted by Crippen LogP contribution is -2.20. The van der Waals surface area contributed by atoms with E-state index in [-0.39, 0.29) is 5.75 Å². The van der Waals surface area contributed by atoms with E-state index in [1.54, 1.807) is 23.5 Å². The molecule has 0 spiro atoms. The van der Waals surface area contributed by atoms with Gasteiger partial charge >= 0.3 is 0 Å². The standard InChI is InChI=1S/C14H15ClFNOS/c1-10-5-8-19-13(10)9-17-6-7-18-14-11(15)3-2-4-12(14)16/h2-5,8,17H,6-7,9H2,1H3. The number of hydrogen-bond acceptors (Lipinski definition) is 3. The maximum absolute atomic E-state index is 13.4. The van der Waals surface area contributed by atoms with Crippen molar-refractivity contribution in [3.05, 3.63) is 50.9 Å². The second-order valence-electron chi connectivity index (χ2n) is 4.10. The Labute approximate surface area is 121 Å². The zero-order valence-corrected chi connectivity index (χ0v) is 12.2. The highest BCUT2D eigenvalue weighted by molar-refractivity contribution is 7.10. The van der Waals surface area contributed by atoms with Gasteiger partial charge in [0.15, 0.2) is 11.6 Å². The van der Waals surface area contributed by atoms with Gasteiger partial charge in [-0.15, -0.1) is 11.3 Å². The van der Waals surface area contributed by atoms with Crippen molar-refractivity contribution in [1.29, 1.82) is 0 Å². The molecule has 0 saturated heterocycles. The summed E-state index contributed by atoms with van der Waals surface area (Å²) in [7, 11) is 0. The molecule has 0 aliphatic heterocycles. The fourth-order valence-electron chi connectivity index (χ4n) is 1.63. The molecule has 0 fully saturated rings. The van der Waals surface area contributed by atoms with E-state index in [2.05, 4.69) is 23.7 Å². The molecule has 0 bridgehead atoms. The summed E-state index contributed by atoms with van der Waals surface area (Å²) >= 11 is 7.59. The maximum atomic E-state index is 13.4. The Balaban J connectivity index is 1.74. The Morgan fingerprint density at radius 2 is 2.21 bits per heavy atom. The minimum Gasteiger partial charge on any atom is -0.488 e. The lowest BCUT2D eigenvalue weighted by atomic mass is 10.3. The van der Waals surface area contributed by atoms with Gasteiger partial charge in [0.2, 0.25) is 0 Å². The molecule has 5 heteroatoms. The molecule has 2 aromatic rings. The average Bonchev–Trinajstić information content (AvgIpc) is 2.78. The Morgan fingerprint density at radius 1 is 1.37 bits per heavy atom. The molecular weight excluding hydrogens is 285 g/mol. The molecule has 1 N–H and O–H groups in total. The van der Waals surface area contributed by atoms with E-state index in [0.717, 1.165) is 6.54 Å². The van der Waals surface area contributed by atoms with Gasteiger partial charge in [-0.25, -0.2) is 4.39 Å². The van der Waals surface area contributed by atoms with E-state index in [4.69, 9.17) is 16.3 Å². The number of halogens is 2. The first-order valence-electron chi connectivity index (χ1n) is 5.99. The predicted octanol–water partition coefficient (Wildman–Crippen LogP) is 4.02. The summed E-state index contributed by atoms with van der Waals surface area (Å²) in [6, 6.07) is 6.60. The van der Waals surface area contributed by atoms with Crippen LogP contribution in [0.3, 0.4) is 0 Å². The molecule has 1 heterocycles. The zero-order chi connectivity index (χ0) is 13.7. The van der Waals surface area contributed by atoms with Crippen LogP contribution in [0.25, 0.3) is 0 Å². The van der Waals surface area contributed by atoms with Crippen molar-refractivity contribution in [3.8, 4) is 5.75 Å². The Morgan fingerprint density at radius 3 is 2.89 bits per heavy atom. The molecule has 1 aromatic heterocycles. The maximum Gasteiger partial charge on any atom is 0.173 e. The van der Waals surface area contributed by atoms with E-state index in [9.17, 15) is 4.39 Å². The van der Waals surface area contributed by atoms with Crippen LogP contribution in [-0.4, -0.2) is 13.2 Å². The van der Waals surface area contributed by atoms with Gasteiger partial charge in [-0.3, -0.25) is 0 Å². The van der Waals surface area contributed by atoms with Crippen LogP contribution >= 0.6 is 22.9 Å². The zero-order valence-electron chi connectivity index (χ0n) is 10.6. The van der Waals surface area contributed by atoms with Crippen molar-refractivity contribution in [2.24, 2.45) is 0 Å². The van der Waals surface area contributed by atoms with E-state index in [0.29, 0.717) is 18.2 Å². The molecular formula is C14H15ClFNOS. The Hall–Kier alpha value is -1.10. The Kier molecular flexibility index (Phi) is 5.19. The number of benzene rings is 1. The van der Waals surface area contributed by atoms with E-state index >= 15 is 0 Å². The minimum atomic E-state index is -0.429. The summed E-state index contributed by atoms with van der Waals surface area (Å²) in [4.78, 5) is 1.31. The smallest absolute Gasteiger partial charge is 0.173 e. The largest absolute Gasteiger partial charge is 0.488 e. The number of nitrogens with one attached hydrogen (secondary N) is 1. The first-order valence-corrected chi connectivity index (χ1v) is 7.24. The molecule has 0 amide bonds. The highest BCUT2D eigenvalue weighted by Crippen LogP contribution is 2.26. The van der Waals surface area contributed by atoms with Gasteiger partial charge in [0.1, 0.15) is 6.61 Å². The predicted molar refractivity (Wildman–Crippen MR) is 77.7 cm³/mol. The molecule has 2 nitrogen and oxygen atoms in total. The molecule has 2 rings (SSSR count). The molecule has 0 saturated carbocycles. The second-order valence-corrected chi connectivity index (χ2v) is 5.51. The lowest BCUT2D eigenvalue weighted by Gasteiger charge is -2.09.